The number of carbonyl (C=O) groups excluding carboxylic acids is 1. The van der Waals surface area contributed by atoms with Gasteiger partial charge in [0.2, 0.25) is 11.8 Å². The van der Waals surface area contributed by atoms with E-state index >= 15 is 0 Å². The third kappa shape index (κ3) is 2.67. The summed E-state index contributed by atoms with van der Waals surface area (Å²) in [6.45, 7) is 4.39. The third-order valence-corrected chi connectivity index (χ3v) is 4.41. The number of nitrogens with one attached hydrogen (secondary N) is 2. The van der Waals surface area contributed by atoms with Crippen molar-refractivity contribution in [3.63, 3.8) is 0 Å². The van der Waals surface area contributed by atoms with Crippen molar-refractivity contribution in [2.75, 3.05) is 18.4 Å². The summed E-state index contributed by atoms with van der Waals surface area (Å²) in [5.74, 6) is 1.02. The molecule has 0 saturated carbocycles. The minimum absolute atomic E-state index is 0.211. The SMILES string of the molecule is C[C@@H](CNC(=O)c1nc2n(n1)CCCN2)c1cccs1. The molecule has 106 valence electrons. The highest BCUT2D eigenvalue weighted by atomic mass is 32.1. The summed E-state index contributed by atoms with van der Waals surface area (Å²) >= 11 is 1.70. The number of aromatic nitrogens is 3. The molecule has 1 amide bonds. The van der Waals surface area contributed by atoms with Crippen LogP contribution in [0, 0.1) is 0 Å². The van der Waals surface area contributed by atoms with E-state index in [0.29, 0.717) is 18.4 Å². The molecule has 0 spiro atoms. The van der Waals surface area contributed by atoms with Crippen molar-refractivity contribution in [2.45, 2.75) is 25.8 Å². The van der Waals surface area contributed by atoms with Crippen molar-refractivity contribution in [1.82, 2.24) is 20.1 Å². The molecule has 6 nitrogen and oxygen atoms in total. The molecule has 0 unspecified atom stereocenters. The van der Waals surface area contributed by atoms with Crippen LogP contribution in [0.1, 0.15) is 34.8 Å². The Morgan fingerprint density at radius 2 is 2.55 bits per heavy atom. The fourth-order valence-corrected chi connectivity index (χ4v) is 2.94. The molecule has 0 fully saturated rings. The Balaban J connectivity index is 1.60. The average molecular weight is 291 g/mol. The fraction of sp³-hybridized carbons (Fsp3) is 0.462. The molecule has 0 aromatic carbocycles. The van der Waals surface area contributed by atoms with E-state index in [0.717, 1.165) is 19.5 Å². The first-order valence-corrected chi connectivity index (χ1v) is 7.62. The van der Waals surface area contributed by atoms with E-state index in [-0.39, 0.29) is 11.7 Å². The zero-order valence-corrected chi connectivity index (χ0v) is 12.1. The lowest BCUT2D eigenvalue weighted by Gasteiger charge is -2.12. The largest absolute Gasteiger partial charge is 0.354 e. The molecule has 2 N–H and O–H groups in total. The van der Waals surface area contributed by atoms with Crippen molar-refractivity contribution in [3.8, 4) is 0 Å². The number of thiophene rings is 1. The number of rotatable bonds is 4. The first-order valence-electron chi connectivity index (χ1n) is 6.74. The van der Waals surface area contributed by atoms with Crippen molar-refractivity contribution in [2.24, 2.45) is 0 Å². The highest BCUT2D eigenvalue weighted by Gasteiger charge is 2.19. The van der Waals surface area contributed by atoms with Gasteiger partial charge in [-0.05, 0) is 17.9 Å². The molecule has 1 atom stereocenters. The predicted molar refractivity (Wildman–Crippen MR) is 78.2 cm³/mol. The van der Waals surface area contributed by atoms with Crippen LogP contribution >= 0.6 is 11.3 Å². The third-order valence-electron chi connectivity index (χ3n) is 3.30. The van der Waals surface area contributed by atoms with E-state index in [4.69, 9.17) is 0 Å². The predicted octanol–water partition coefficient (Wildman–Crippen LogP) is 1.69. The van der Waals surface area contributed by atoms with Gasteiger partial charge in [0.05, 0.1) is 0 Å². The number of amides is 1. The Labute approximate surface area is 121 Å². The Morgan fingerprint density at radius 1 is 1.65 bits per heavy atom. The summed E-state index contributed by atoms with van der Waals surface area (Å²) in [6.07, 6.45) is 1.01. The van der Waals surface area contributed by atoms with Crippen LogP contribution in [0.5, 0.6) is 0 Å². The second-order valence-electron chi connectivity index (χ2n) is 4.89. The molecule has 0 radical (unpaired) electrons. The maximum atomic E-state index is 12.1. The van der Waals surface area contributed by atoms with E-state index in [1.165, 1.54) is 4.88 Å². The fourth-order valence-electron chi connectivity index (χ4n) is 2.15. The van der Waals surface area contributed by atoms with E-state index in [2.05, 4.69) is 33.7 Å². The van der Waals surface area contributed by atoms with Gasteiger partial charge in [-0.15, -0.1) is 16.4 Å². The maximum Gasteiger partial charge on any atom is 0.291 e. The summed E-state index contributed by atoms with van der Waals surface area (Å²) in [5, 5.41) is 12.3. The molecule has 0 saturated heterocycles. The molecule has 3 rings (SSSR count). The first-order chi connectivity index (χ1) is 9.74. The van der Waals surface area contributed by atoms with Crippen molar-refractivity contribution in [3.05, 3.63) is 28.2 Å². The Hall–Kier alpha value is -1.89. The van der Waals surface area contributed by atoms with Crippen molar-refractivity contribution in [1.29, 1.82) is 0 Å². The number of nitrogens with zero attached hydrogens (tertiary/aromatic N) is 3. The van der Waals surface area contributed by atoms with Gasteiger partial charge < -0.3 is 10.6 Å². The molecule has 0 aliphatic carbocycles. The zero-order chi connectivity index (χ0) is 13.9. The Kier molecular flexibility index (Phi) is 3.68. The number of hydrogen-bond acceptors (Lipinski definition) is 5. The van der Waals surface area contributed by atoms with E-state index in [1.807, 2.05) is 11.4 Å². The monoisotopic (exact) mass is 291 g/mol. The standard InChI is InChI=1S/C13H17N5OS/c1-9(10-4-2-7-20-10)8-15-12(19)11-16-13-14-5-3-6-18(13)17-11/h2,4,7,9H,3,5-6,8H2,1H3,(H,15,19)(H,14,16,17)/t9-/m0/s1. The molecule has 2 aromatic rings. The highest BCUT2D eigenvalue weighted by molar-refractivity contribution is 7.10. The van der Waals surface area contributed by atoms with E-state index in [9.17, 15) is 4.79 Å². The van der Waals surface area contributed by atoms with Gasteiger partial charge in [-0.2, -0.15) is 4.98 Å². The summed E-state index contributed by atoms with van der Waals surface area (Å²) in [5.41, 5.74) is 0. The van der Waals surface area contributed by atoms with Gasteiger partial charge in [-0.3, -0.25) is 4.79 Å². The van der Waals surface area contributed by atoms with Crippen molar-refractivity contribution < 1.29 is 4.79 Å². The molecular formula is C13H17N5OS. The zero-order valence-electron chi connectivity index (χ0n) is 11.3. The van der Waals surface area contributed by atoms with Crippen LogP contribution in [-0.4, -0.2) is 33.8 Å². The van der Waals surface area contributed by atoms with E-state index < -0.39 is 0 Å². The van der Waals surface area contributed by atoms with Crippen LogP contribution in [0.3, 0.4) is 0 Å². The molecule has 2 aromatic heterocycles. The van der Waals surface area contributed by atoms with Gasteiger partial charge in [0, 0.05) is 30.4 Å². The van der Waals surface area contributed by atoms with Gasteiger partial charge in [-0.25, -0.2) is 4.68 Å². The molecule has 3 heterocycles. The quantitative estimate of drug-likeness (QED) is 0.899. The minimum Gasteiger partial charge on any atom is -0.354 e. The van der Waals surface area contributed by atoms with E-state index in [1.54, 1.807) is 16.0 Å². The van der Waals surface area contributed by atoms with Gasteiger partial charge >= 0.3 is 0 Å². The summed E-state index contributed by atoms with van der Waals surface area (Å²) < 4.78 is 1.75. The number of carbonyl (C=O) groups is 1. The summed E-state index contributed by atoms with van der Waals surface area (Å²) in [6, 6.07) is 4.11. The lowest BCUT2D eigenvalue weighted by molar-refractivity contribution is 0.0941. The molecular weight excluding hydrogens is 274 g/mol. The minimum atomic E-state index is -0.211. The van der Waals surface area contributed by atoms with Crippen LogP contribution in [0.25, 0.3) is 0 Å². The summed E-state index contributed by atoms with van der Waals surface area (Å²) in [4.78, 5) is 17.6. The normalized spacial score (nSPS) is 15.2. The molecule has 20 heavy (non-hydrogen) atoms. The van der Waals surface area contributed by atoms with Gasteiger partial charge in [0.15, 0.2) is 0 Å². The van der Waals surface area contributed by atoms with Crippen LogP contribution < -0.4 is 10.6 Å². The summed E-state index contributed by atoms with van der Waals surface area (Å²) in [7, 11) is 0. The molecule has 1 aliphatic rings. The first kappa shape index (κ1) is 13.1. The van der Waals surface area contributed by atoms with Crippen LogP contribution in [0.15, 0.2) is 17.5 Å². The second kappa shape index (κ2) is 5.62. The smallest absolute Gasteiger partial charge is 0.291 e. The average Bonchev–Trinajstić information content (AvgIpc) is 3.12. The number of anilines is 1. The molecule has 7 heteroatoms. The number of hydrogen-bond donors (Lipinski definition) is 2. The molecule has 1 aliphatic heterocycles. The lowest BCUT2D eigenvalue weighted by atomic mass is 10.1. The van der Waals surface area contributed by atoms with Crippen LogP contribution in [0.2, 0.25) is 0 Å². The number of fused-ring (bicyclic) bond motifs is 1. The van der Waals surface area contributed by atoms with Crippen LogP contribution in [-0.2, 0) is 6.54 Å². The Morgan fingerprint density at radius 3 is 3.30 bits per heavy atom. The maximum absolute atomic E-state index is 12.1. The van der Waals surface area contributed by atoms with Gasteiger partial charge in [0.1, 0.15) is 0 Å². The van der Waals surface area contributed by atoms with Crippen LogP contribution in [0.4, 0.5) is 5.95 Å². The van der Waals surface area contributed by atoms with Crippen molar-refractivity contribution >= 4 is 23.2 Å². The Bertz CT molecular complexity index is 568. The number of aryl methyl sites for hydroxylation is 1. The molecule has 0 bridgehead atoms. The van der Waals surface area contributed by atoms with Gasteiger partial charge in [-0.1, -0.05) is 13.0 Å². The topological polar surface area (TPSA) is 71.8 Å². The second-order valence-corrected chi connectivity index (χ2v) is 5.87. The highest BCUT2D eigenvalue weighted by Crippen LogP contribution is 2.19. The lowest BCUT2D eigenvalue weighted by Crippen LogP contribution is -2.28. The van der Waals surface area contributed by atoms with Gasteiger partial charge in [0.25, 0.3) is 5.91 Å².